The summed E-state index contributed by atoms with van der Waals surface area (Å²) < 4.78 is 0.869. The van der Waals surface area contributed by atoms with Crippen LogP contribution in [0.25, 0.3) is 0 Å². The van der Waals surface area contributed by atoms with E-state index in [9.17, 15) is 10.1 Å². The molecule has 0 aromatic heterocycles. The van der Waals surface area contributed by atoms with Crippen LogP contribution in [-0.2, 0) is 0 Å². The largest absolute Gasteiger partial charge is 0.384 e. The number of non-ortho nitro benzene ring substituents is 1. The van der Waals surface area contributed by atoms with Crippen LogP contribution in [0.2, 0.25) is 0 Å². The van der Waals surface area contributed by atoms with Crippen molar-refractivity contribution in [3.8, 4) is 0 Å². The van der Waals surface area contributed by atoms with Gasteiger partial charge in [0, 0.05) is 27.9 Å². The highest BCUT2D eigenvalue weighted by atomic mass is 127. The van der Waals surface area contributed by atoms with E-state index in [1.807, 2.05) is 6.92 Å². The van der Waals surface area contributed by atoms with Crippen molar-refractivity contribution in [3.63, 3.8) is 0 Å². The van der Waals surface area contributed by atoms with E-state index in [0.717, 1.165) is 15.8 Å². The topological polar surface area (TPSA) is 55.2 Å². The lowest BCUT2D eigenvalue weighted by molar-refractivity contribution is -0.384. The van der Waals surface area contributed by atoms with Gasteiger partial charge in [-0.25, -0.2) is 0 Å². The van der Waals surface area contributed by atoms with E-state index in [1.54, 1.807) is 12.1 Å². The van der Waals surface area contributed by atoms with Crippen molar-refractivity contribution < 1.29 is 4.92 Å². The third-order valence-corrected chi connectivity index (χ3v) is 2.42. The molecule has 1 aromatic rings. The van der Waals surface area contributed by atoms with Gasteiger partial charge in [-0.05, 0) is 35.6 Å². The Morgan fingerprint density at radius 2 is 2.31 bits per heavy atom. The predicted molar refractivity (Wildman–Crippen MR) is 60.0 cm³/mol. The van der Waals surface area contributed by atoms with E-state index in [0.29, 0.717) is 0 Å². The maximum Gasteiger partial charge on any atom is 0.270 e. The van der Waals surface area contributed by atoms with Crippen LogP contribution in [0.3, 0.4) is 0 Å². The molecule has 0 atom stereocenters. The smallest absolute Gasteiger partial charge is 0.270 e. The summed E-state index contributed by atoms with van der Waals surface area (Å²) in [6.45, 7) is 2.80. The fourth-order valence-electron chi connectivity index (χ4n) is 0.951. The molecule has 0 saturated heterocycles. The number of benzene rings is 1. The molecular weight excluding hydrogens is 283 g/mol. The first-order chi connectivity index (χ1) is 6.15. The molecule has 0 amide bonds. The van der Waals surface area contributed by atoms with Crippen LogP contribution < -0.4 is 5.32 Å². The molecular formula is C8H9IN2O2. The fraction of sp³-hybridized carbons (Fsp3) is 0.250. The number of hydrogen-bond donors (Lipinski definition) is 1. The van der Waals surface area contributed by atoms with Crippen LogP contribution in [0, 0.1) is 13.7 Å². The molecule has 0 radical (unpaired) electrons. The Bertz CT molecular complexity index is 328. The second-order valence-electron chi connectivity index (χ2n) is 2.45. The van der Waals surface area contributed by atoms with Crippen LogP contribution in [0.5, 0.6) is 0 Å². The molecule has 0 aliphatic rings. The Kier molecular flexibility index (Phi) is 3.47. The first kappa shape index (κ1) is 10.2. The van der Waals surface area contributed by atoms with Gasteiger partial charge in [0.1, 0.15) is 0 Å². The Hall–Kier alpha value is -0.850. The molecule has 0 spiro atoms. The van der Waals surface area contributed by atoms with E-state index in [1.165, 1.54) is 6.07 Å². The zero-order valence-electron chi connectivity index (χ0n) is 7.08. The van der Waals surface area contributed by atoms with Crippen molar-refractivity contribution in [2.75, 3.05) is 11.9 Å². The number of halogens is 1. The molecule has 70 valence electrons. The van der Waals surface area contributed by atoms with E-state index in [-0.39, 0.29) is 5.69 Å². The Balaban J connectivity index is 2.98. The van der Waals surface area contributed by atoms with Gasteiger partial charge in [0.15, 0.2) is 0 Å². The molecule has 0 aliphatic carbocycles. The minimum Gasteiger partial charge on any atom is -0.384 e. The lowest BCUT2D eigenvalue weighted by Gasteiger charge is -2.04. The van der Waals surface area contributed by atoms with E-state index < -0.39 is 4.92 Å². The zero-order chi connectivity index (χ0) is 9.84. The monoisotopic (exact) mass is 292 g/mol. The van der Waals surface area contributed by atoms with Gasteiger partial charge in [-0.3, -0.25) is 10.1 Å². The number of hydrogen-bond acceptors (Lipinski definition) is 3. The highest BCUT2D eigenvalue weighted by Gasteiger charge is 2.07. The summed E-state index contributed by atoms with van der Waals surface area (Å²) in [5, 5.41) is 13.5. The SMILES string of the molecule is CCNc1ccc([N+](=O)[O-])cc1I. The number of nitro benzene ring substituents is 1. The van der Waals surface area contributed by atoms with Gasteiger partial charge in [0.25, 0.3) is 5.69 Å². The summed E-state index contributed by atoms with van der Waals surface area (Å²) in [5.74, 6) is 0. The lowest BCUT2D eigenvalue weighted by atomic mass is 10.3. The van der Waals surface area contributed by atoms with Crippen LogP contribution in [-0.4, -0.2) is 11.5 Å². The minimum absolute atomic E-state index is 0.131. The van der Waals surface area contributed by atoms with Crippen LogP contribution in [0.4, 0.5) is 11.4 Å². The first-order valence-electron chi connectivity index (χ1n) is 3.83. The summed E-state index contributed by atoms with van der Waals surface area (Å²) in [5.41, 5.74) is 1.07. The average Bonchev–Trinajstić information content (AvgIpc) is 2.08. The van der Waals surface area contributed by atoms with Gasteiger partial charge in [-0.2, -0.15) is 0 Å². The number of nitrogens with one attached hydrogen (secondary N) is 1. The van der Waals surface area contributed by atoms with Crippen LogP contribution >= 0.6 is 22.6 Å². The molecule has 1 N–H and O–H groups in total. The summed E-state index contributed by atoms with van der Waals surface area (Å²) >= 11 is 2.08. The summed E-state index contributed by atoms with van der Waals surface area (Å²) in [7, 11) is 0. The molecule has 0 fully saturated rings. The van der Waals surface area contributed by atoms with E-state index in [2.05, 4.69) is 27.9 Å². The Morgan fingerprint density at radius 1 is 1.62 bits per heavy atom. The number of rotatable bonds is 3. The standard InChI is InChI=1S/C8H9IN2O2/c1-2-10-8-4-3-6(11(12)13)5-7(8)9/h3-5,10H,2H2,1H3. The fourth-order valence-corrected chi connectivity index (χ4v) is 1.64. The molecule has 0 saturated carbocycles. The molecule has 0 aliphatic heterocycles. The number of nitro groups is 1. The molecule has 0 bridgehead atoms. The van der Waals surface area contributed by atoms with Crippen molar-refractivity contribution in [2.45, 2.75) is 6.92 Å². The average molecular weight is 292 g/mol. The molecule has 1 aromatic carbocycles. The highest BCUT2D eigenvalue weighted by Crippen LogP contribution is 2.23. The maximum absolute atomic E-state index is 10.4. The highest BCUT2D eigenvalue weighted by molar-refractivity contribution is 14.1. The van der Waals surface area contributed by atoms with Crippen molar-refractivity contribution in [1.29, 1.82) is 0 Å². The molecule has 0 heterocycles. The van der Waals surface area contributed by atoms with Crippen molar-refractivity contribution in [2.24, 2.45) is 0 Å². The van der Waals surface area contributed by atoms with Gasteiger partial charge in [0.05, 0.1) is 4.92 Å². The van der Waals surface area contributed by atoms with Gasteiger partial charge in [-0.15, -0.1) is 0 Å². The Morgan fingerprint density at radius 3 is 2.77 bits per heavy atom. The second-order valence-corrected chi connectivity index (χ2v) is 3.61. The zero-order valence-corrected chi connectivity index (χ0v) is 9.24. The normalized spacial score (nSPS) is 9.69. The van der Waals surface area contributed by atoms with E-state index >= 15 is 0 Å². The Labute approximate surface area is 89.6 Å². The first-order valence-corrected chi connectivity index (χ1v) is 4.91. The molecule has 0 unspecified atom stereocenters. The summed E-state index contributed by atoms with van der Waals surface area (Å²) in [6, 6.07) is 4.78. The van der Waals surface area contributed by atoms with Crippen molar-refractivity contribution in [3.05, 3.63) is 31.9 Å². The third-order valence-electron chi connectivity index (χ3n) is 1.53. The van der Waals surface area contributed by atoms with Crippen LogP contribution in [0.1, 0.15) is 6.92 Å². The lowest BCUT2D eigenvalue weighted by Crippen LogP contribution is -1.99. The quantitative estimate of drug-likeness (QED) is 0.529. The van der Waals surface area contributed by atoms with Crippen molar-refractivity contribution in [1.82, 2.24) is 0 Å². The van der Waals surface area contributed by atoms with E-state index in [4.69, 9.17) is 0 Å². The van der Waals surface area contributed by atoms with Gasteiger partial charge in [-0.1, -0.05) is 0 Å². The van der Waals surface area contributed by atoms with Crippen LogP contribution in [0.15, 0.2) is 18.2 Å². The number of nitrogens with zero attached hydrogens (tertiary/aromatic N) is 1. The molecule has 5 heteroatoms. The molecule has 13 heavy (non-hydrogen) atoms. The summed E-state index contributed by atoms with van der Waals surface area (Å²) in [6.07, 6.45) is 0. The number of anilines is 1. The minimum atomic E-state index is -0.391. The van der Waals surface area contributed by atoms with Gasteiger partial charge < -0.3 is 5.32 Å². The third kappa shape index (κ3) is 2.55. The predicted octanol–water partition coefficient (Wildman–Crippen LogP) is 2.63. The molecule has 4 nitrogen and oxygen atoms in total. The van der Waals surface area contributed by atoms with Gasteiger partial charge in [0.2, 0.25) is 0 Å². The maximum atomic E-state index is 10.4. The van der Waals surface area contributed by atoms with Gasteiger partial charge >= 0.3 is 0 Å². The summed E-state index contributed by atoms with van der Waals surface area (Å²) in [4.78, 5) is 10.0. The van der Waals surface area contributed by atoms with Crippen molar-refractivity contribution >= 4 is 34.0 Å². The second kappa shape index (κ2) is 4.40. The molecule has 1 rings (SSSR count).